The van der Waals surface area contributed by atoms with Crippen molar-refractivity contribution in [2.24, 2.45) is 0 Å². The van der Waals surface area contributed by atoms with Crippen LogP contribution < -0.4 is 10.8 Å². The number of alkyl halides is 1. The van der Waals surface area contributed by atoms with E-state index in [0.717, 1.165) is 11.6 Å². The number of nitrogen functional groups attached to an aromatic ring is 1. The summed E-state index contributed by atoms with van der Waals surface area (Å²) in [4.78, 5) is 22.0. The molecule has 1 aliphatic rings. The van der Waals surface area contributed by atoms with Crippen molar-refractivity contribution in [3.05, 3.63) is 75.5 Å². The fourth-order valence-corrected chi connectivity index (χ4v) is 5.38. The molecule has 0 aliphatic carbocycles. The maximum atomic E-state index is 15.2. The highest BCUT2D eigenvalue weighted by Gasteiger charge is 2.47. The summed E-state index contributed by atoms with van der Waals surface area (Å²) in [7, 11) is -4.16. The molecule has 1 fully saturated rings. The molecule has 4 heterocycles. The van der Waals surface area contributed by atoms with Gasteiger partial charge in [0.15, 0.2) is 23.9 Å². The molecule has 1 aliphatic heterocycles. The molecule has 1 saturated heterocycles. The second-order valence-electron chi connectivity index (χ2n) is 8.59. The number of ether oxygens (including phenoxy) is 1. The molecule has 5 atom stereocenters. The molecule has 0 saturated carbocycles. The zero-order chi connectivity index (χ0) is 28.4. The number of aromatic nitrogens is 4. The predicted octanol–water partition coefficient (Wildman–Crippen LogP) is 3.29. The summed E-state index contributed by atoms with van der Waals surface area (Å²) >= 11 is 5.88. The van der Waals surface area contributed by atoms with E-state index in [2.05, 4.69) is 20.0 Å². The number of nitro groups is 1. The molecule has 0 radical (unpaired) electrons. The van der Waals surface area contributed by atoms with E-state index in [1.54, 1.807) is 30.3 Å². The summed E-state index contributed by atoms with van der Waals surface area (Å²) in [5.41, 5.74) is 6.80. The lowest BCUT2D eigenvalue weighted by atomic mass is 10.1. The third-order valence-electron chi connectivity index (χ3n) is 5.92. The van der Waals surface area contributed by atoms with Crippen molar-refractivity contribution < 1.29 is 37.2 Å². The molecule has 0 spiro atoms. The van der Waals surface area contributed by atoms with Crippen molar-refractivity contribution in [1.82, 2.24) is 24.6 Å². The van der Waals surface area contributed by atoms with Gasteiger partial charge in [0.2, 0.25) is 5.28 Å². The van der Waals surface area contributed by atoms with E-state index >= 15 is 4.39 Å². The molecule has 2 unspecified atom stereocenters. The van der Waals surface area contributed by atoms with E-state index in [1.807, 2.05) is 0 Å². The fraction of sp³-hybridized carbons (Fsp3) is 0.318. The second kappa shape index (κ2) is 11.5. The largest absolute Gasteiger partial charge is 0.433 e. The monoisotopic (exact) mass is 597 g/mol. The van der Waals surface area contributed by atoms with Crippen molar-refractivity contribution in [1.29, 1.82) is 0 Å². The topological polar surface area (TPSA) is 203 Å². The summed E-state index contributed by atoms with van der Waals surface area (Å²) in [6, 6.07) is 11.3. The maximum Gasteiger partial charge on any atom is 0.433 e. The van der Waals surface area contributed by atoms with Gasteiger partial charge in [-0.15, -0.1) is 0 Å². The van der Waals surface area contributed by atoms with E-state index in [0.29, 0.717) is 0 Å². The Morgan fingerprint density at radius 1 is 1.25 bits per heavy atom. The van der Waals surface area contributed by atoms with Gasteiger partial charge in [0.25, 0.3) is 0 Å². The minimum atomic E-state index is -4.16. The quantitative estimate of drug-likeness (QED) is 0.0984. The van der Waals surface area contributed by atoms with Gasteiger partial charge in [-0.05, 0) is 23.2 Å². The van der Waals surface area contributed by atoms with Crippen LogP contribution in [0.25, 0.3) is 11.2 Å². The summed E-state index contributed by atoms with van der Waals surface area (Å²) in [6.07, 6.45) is -5.10. The molecule has 5 rings (SSSR count). The molecule has 40 heavy (non-hydrogen) atoms. The second-order valence-corrected chi connectivity index (χ2v) is 10.8. The third kappa shape index (κ3) is 5.97. The van der Waals surface area contributed by atoms with Crippen LogP contribution in [0.2, 0.25) is 5.28 Å². The van der Waals surface area contributed by atoms with Crippen molar-refractivity contribution in [2.45, 2.75) is 37.8 Å². The normalized spacial score (nSPS) is 22.5. The molecular weight excluding hydrogens is 576 g/mol. The molecule has 4 N–H and O–H groups in total. The minimum absolute atomic E-state index is 0.0185. The number of nitrogens with zero attached hydrogens (tertiary/aromatic N) is 5. The molecule has 0 amide bonds. The minimum Gasteiger partial charge on any atom is -0.403 e. The molecule has 212 valence electrons. The lowest BCUT2D eigenvalue weighted by Gasteiger charge is -2.22. The van der Waals surface area contributed by atoms with Gasteiger partial charge in [0, 0.05) is 6.54 Å². The van der Waals surface area contributed by atoms with E-state index < -0.39 is 56.4 Å². The number of anilines is 1. The van der Waals surface area contributed by atoms with Crippen LogP contribution in [-0.2, 0) is 31.5 Å². The van der Waals surface area contributed by atoms with Crippen molar-refractivity contribution in [3.8, 4) is 0 Å². The van der Waals surface area contributed by atoms with Crippen molar-refractivity contribution in [3.63, 3.8) is 0 Å². The first kappa shape index (κ1) is 28.0. The number of nitrogens with two attached hydrogens (primary N) is 1. The Hall–Kier alpha value is -3.50. The first-order valence-electron chi connectivity index (χ1n) is 11.7. The van der Waals surface area contributed by atoms with Gasteiger partial charge in [-0.3, -0.25) is 23.7 Å². The lowest BCUT2D eigenvalue weighted by Crippen LogP contribution is -2.32. The summed E-state index contributed by atoms with van der Waals surface area (Å²) in [5.74, 6) is -0.522. The van der Waals surface area contributed by atoms with Crippen molar-refractivity contribution in [2.75, 3.05) is 12.3 Å². The first-order valence-corrected chi connectivity index (χ1v) is 13.6. The number of hydrogen-bond acceptors (Lipinski definition) is 12. The van der Waals surface area contributed by atoms with Gasteiger partial charge >= 0.3 is 13.6 Å². The average molecular weight is 598 g/mol. The molecule has 15 nitrogen and oxygen atoms in total. The Morgan fingerprint density at radius 3 is 2.75 bits per heavy atom. The van der Waals surface area contributed by atoms with Crippen LogP contribution in [0.3, 0.4) is 0 Å². The number of aliphatic hydroxyl groups excluding tert-OH is 1. The highest BCUT2D eigenvalue weighted by atomic mass is 35.5. The van der Waals surface area contributed by atoms with E-state index in [1.165, 1.54) is 17.0 Å². The molecular formula is C22H22ClFN7O8P. The van der Waals surface area contributed by atoms with Gasteiger partial charge in [-0.25, -0.2) is 19.0 Å². The Labute approximate surface area is 229 Å². The van der Waals surface area contributed by atoms with Gasteiger partial charge < -0.3 is 20.0 Å². The third-order valence-corrected chi connectivity index (χ3v) is 7.59. The van der Waals surface area contributed by atoms with Crippen LogP contribution in [0, 0.1) is 10.1 Å². The molecule has 18 heteroatoms. The molecule has 1 aromatic carbocycles. The first-order chi connectivity index (χ1) is 19.1. The van der Waals surface area contributed by atoms with Gasteiger partial charge in [0.1, 0.15) is 35.0 Å². The molecule has 3 aromatic heterocycles. The standard InChI is InChI=1S/C22H22ClFN7O8P/c23-22-28-19(25)17-20(29-22)30(11-26-17)21-16(24)18(32)14(39-21)10-37-40(35,27-8-12-4-2-1-3-5-12)36-9-13-6-7-15(38-13)31(33)34/h1-7,11,14,16,18,21,32H,8-10H2,(H,27,35)(H2,25,28,29)/t14-,16-,18?,21-,40?/m1/s1. The Bertz CT molecular complexity index is 1560. The number of fused-ring (bicyclic) bond motifs is 1. The highest BCUT2D eigenvalue weighted by Crippen LogP contribution is 2.46. The fourth-order valence-electron chi connectivity index (χ4n) is 3.94. The zero-order valence-corrected chi connectivity index (χ0v) is 22.0. The van der Waals surface area contributed by atoms with Gasteiger partial charge in [-0.2, -0.15) is 9.97 Å². The Kier molecular flexibility index (Phi) is 8.09. The SMILES string of the molecule is Nc1nc(Cl)nc2c1ncn2[C@@H]1O[C@H](COP(=O)(NCc2ccccc2)OCc2ccc([N+](=O)[O-])o2)C(O)[C@H]1F. The van der Waals surface area contributed by atoms with Crippen LogP contribution in [0.4, 0.5) is 16.1 Å². The smallest absolute Gasteiger partial charge is 0.403 e. The summed E-state index contributed by atoms with van der Waals surface area (Å²) in [6.45, 7) is -0.944. The van der Waals surface area contributed by atoms with Crippen LogP contribution in [0.5, 0.6) is 0 Å². The average Bonchev–Trinajstić information content (AvgIpc) is 3.65. The van der Waals surface area contributed by atoms with E-state index in [9.17, 15) is 19.8 Å². The number of furan rings is 1. The lowest BCUT2D eigenvalue weighted by molar-refractivity contribution is -0.402. The Morgan fingerprint density at radius 2 is 2.02 bits per heavy atom. The van der Waals surface area contributed by atoms with Crippen molar-refractivity contribution >= 4 is 42.2 Å². The Balaban J connectivity index is 1.30. The van der Waals surface area contributed by atoms with Crippen LogP contribution >= 0.6 is 19.3 Å². The van der Waals surface area contributed by atoms with Crippen LogP contribution in [0.1, 0.15) is 17.6 Å². The number of imidazole rings is 1. The zero-order valence-electron chi connectivity index (χ0n) is 20.4. The summed E-state index contributed by atoms with van der Waals surface area (Å²) < 4.78 is 51.7. The number of halogens is 2. The number of aliphatic hydroxyl groups is 1. The number of hydrogen-bond donors (Lipinski definition) is 3. The van der Waals surface area contributed by atoms with Crippen LogP contribution in [0.15, 0.2) is 53.2 Å². The predicted molar refractivity (Wildman–Crippen MR) is 137 cm³/mol. The van der Waals surface area contributed by atoms with Gasteiger partial charge in [-0.1, -0.05) is 30.3 Å². The molecule has 4 aromatic rings. The number of benzene rings is 1. The van der Waals surface area contributed by atoms with E-state index in [4.69, 9.17) is 35.5 Å². The number of rotatable bonds is 11. The summed E-state index contributed by atoms with van der Waals surface area (Å²) in [5, 5.41) is 23.9. The van der Waals surface area contributed by atoms with Crippen LogP contribution in [-0.4, -0.2) is 54.5 Å². The highest BCUT2D eigenvalue weighted by molar-refractivity contribution is 7.51. The maximum absolute atomic E-state index is 15.2. The number of nitrogens with one attached hydrogen (secondary N) is 1. The van der Waals surface area contributed by atoms with E-state index in [-0.39, 0.29) is 34.6 Å². The van der Waals surface area contributed by atoms with Gasteiger partial charge in [0.05, 0.1) is 19.0 Å². The molecule has 0 bridgehead atoms.